The number of aromatic nitrogens is 2. The van der Waals surface area contributed by atoms with Gasteiger partial charge < -0.3 is 14.5 Å². The fourth-order valence-electron chi connectivity index (χ4n) is 2.73. The minimum Gasteiger partial charge on any atom is -0.456 e. The average molecular weight is 390 g/mol. The van der Waals surface area contributed by atoms with Gasteiger partial charge in [0, 0.05) is 51.9 Å². The van der Waals surface area contributed by atoms with Crippen molar-refractivity contribution in [3.8, 4) is 22.8 Å². The summed E-state index contributed by atoms with van der Waals surface area (Å²) in [5.41, 5.74) is 4.04. The van der Waals surface area contributed by atoms with Crippen LogP contribution in [0.25, 0.3) is 11.3 Å². The average Bonchev–Trinajstić information content (AvgIpc) is 2.73. The molecule has 6 nitrogen and oxygen atoms in total. The Morgan fingerprint density at radius 1 is 0.966 bits per heavy atom. The van der Waals surface area contributed by atoms with Crippen molar-refractivity contribution in [2.75, 3.05) is 32.1 Å². The minimum absolute atomic E-state index is 0.0536. The summed E-state index contributed by atoms with van der Waals surface area (Å²) < 4.78 is 5.97. The van der Waals surface area contributed by atoms with Gasteiger partial charge in [0.05, 0.1) is 23.8 Å². The Hall–Kier alpha value is -3.41. The Balaban J connectivity index is 1.65. The molecule has 0 bridgehead atoms. The van der Waals surface area contributed by atoms with Crippen LogP contribution >= 0.6 is 0 Å². The maximum absolute atomic E-state index is 11.4. The molecule has 0 unspecified atom stereocenters. The summed E-state index contributed by atoms with van der Waals surface area (Å²) in [6, 6.07) is 13.8. The van der Waals surface area contributed by atoms with Crippen LogP contribution in [0.1, 0.15) is 12.5 Å². The van der Waals surface area contributed by atoms with Crippen LogP contribution in [0.2, 0.25) is 0 Å². The standard InChI is InChI=1S/C23H26N4O2/c1-17-5-10-23(25-14-17)19-6-8-21(9-7-19)29-22-13-20(15-24-16-22)27(4)12-11-26(3)18(2)28/h5-10,13-16H,11-12H2,1-4H3. The molecule has 1 amide bonds. The van der Waals surface area contributed by atoms with Gasteiger partial charge in [-0.15, -0.1) is 0 Å². The van der Waals surface area contributed by atoms with Gasteiger partial charge in [-0.2, -0.15) is 0 Å². The molecule has 0 radical (unpaired) electrons. The first-order valence-corrected chi connectivity index (χ1v) is 9.51. The second kappa shape index (κ2) is 9.19. The molecule has 0 saturated heterocycles. The van der Waals surface area contributed by atoms with Gasteiger partial charge in [-0.05, 0) is 42.8 Å². The lowest BCUT2D eigenvalue weighted by atomic mass is 10.1. The summed E-state index contributed by atoms with van der Waals surface area (Å²) >= 11 is 0. The highest BCUT2D eigenvalue weighted by Crippen LogP contribution is 2.26. The van der Waals surface area contributed by atoms with Crippen molar-refractivity contribution >= 4 is 11.6 Å². The number of likely N-dealkylation sites (N-methyl/N-ethyl adjacent to an activating group) is 2. The number of rotatable bonds is 7. The van der Waals surface area contributed by atoms with Gasteiger partial charge in [0.1, 0.15) is 11.5 Å². The van der Waals surface area contributed by atoms with E-state index in [2.05, 4.69) is 16.0 Å². The van der Waals surface area contributed by atoms with Crippen LogP contribution in [0.15, 0.2) is 61.1 Å². The van der Waals surface area contributed by atoms with E-state index in [1.807, 2.05) is 61.5 Å². The third-order valence-electron chi connectivity index (χ3n) is 4.75. The maximum Gasteiger partial charge on any atom is 0.219 e. The number of amides is 1. The SMILES string of the molecule is CC(=O)N(C)CCN(C)c1cncc(Oc2ccc(-c3ccc(C)cn3)cc2)c1. The van der Waals surface area contributed by atoms with E-state index in [1.54, 1.807) is 31.3 Å². The highest BCUT2D eigenvalue weighted by molar-refractivity contribution is 5.72. The van der Waals surface area contributed by atoms with Crippen LogP contribution in [-0.2, 0) is 4.79 Å². The molecule has 0 saturated carbocycles. The van der Waals surface area contributed by atoms with Crippen LogP contribution in [0.4, 0.5) is 5.69 Å². The predicted octanol–water partition coefficient (Wildman–Crippen LogP) is 4.16. The predicted molar refractivity (Wildman–Crippen MR) is 115 cm³/mol. The molecule has 0 atom stereocenters. The summed E-state index contributed by atoms with van der Waals surface area (Å²) in [6.07, 6.45) is 5.34. The number of hydrogen-bond donors (Lipinski definition) is 0. The van der Waals surface area contributed by atoms with Crippen molar-refractivity contribution in [1.82, 2.24) is 14.9 Å². The van der Waals surface area contributed by atoms with Crippen LogP contribution in [-0.4, -0.2) is 48.0 Å². The lowest BCUT2D eigenvalue weighted by Gasteiger charge is -2.23. The summed E-state index contributed by atoms with van der Waals surface area (Å²) in [4.78, 5) is 23.8. The zero-order chi connectivity index (χ0) is 20.8. The van der Waals surface area contributed by atoms with Crippen LogP contribution in [0.3, 0.4) is 0 Å². The minimum atomic E-state index is 0.0536. The molecule has 2 aromatic heterocycles. The lowest BCUT2D eigenvalue weighted by molar-refractivity contribution is -0.127. The maximum atomic E-state index is 11.4. The van der Waals surface area contributed by atoms with Crippen molar-refractivity contribution in [2.45, 2.75) is 13.8 Å². The molecule has 0 fully saturated rings. The van der Waals surface area contributed by atoms with E-state index in [4.69, 9.17) is 4.74 Å². The van der Waals surface area contributed by atoms with Crippen LogP contribution < -0.4 is 9.64 Å². The second-order valence-corrected chi connectivity index (χ2v) is 7.09. The van der Waals surface area contributed by atoms with Crippen molar-refractivity contribution in [3.63, 3.8) is 0 Å². The highest BCUT2D eigenvalue weighted by Gasteiger charge is 2.08. The smallest absolute Gasteiger partial charge is 0.219 e. The van der Waals surface area contributed by atoms with E-state index in [9.17, 15) is 4.79 Å². The summed E-state index contributed by atoms with van der Waals surface area (Å²) in [5, 5.41) is 0. The van der Waals surface area contributed by atoms with Gasteiger partial charge in [0.2, 0.25) is 5.91 Å². The first kappa shape index (κ1) is 20.3. The number of pyridine rings is 2. The van der Waals surface area contributed by atoms with E-state index in [0.29, 0.717) is 18.8 Å². The molecular weight excluding hydrogens is 364 g/mol. The Labute approximate surface area is 171 Å². The largest absolute Gasteiger partial charge is 0.456 e. The first-order chi connectivity index (χ1) is 13.9. The summed E-state index contributed by atoms with van der Waals surface area (Å²) in [6.45, 7) is 4.94. The summed E-state index contributed by atoms with van der Waals surface area (Å²) in [5.74, 6) is 1.45. The van der Waals surface area contributed by atoms with E-state index >= 15 is 0 Å². The van der Waals surface area contributed by atoms with Gasteiger partial charge in [-0.25, -0.2) is 0 Å². The molecular formula is C23H26N4O2. The van der Waals surface area contributed by atoms with Crippen molar-refractivity contribution in [2.24, 2.45) is 0 Å². The number of anilines is 1. The van der Waals surface area contributed by atoms with E-state index in [1.165, 1.54) is 0 Å². The number of ether oxygens (including phenoxy) is 1. The first-order valence-electron chi connectivity index (χ1n) is 9.51. The topological polar surface area (TPSA) is 58.6 Å². The zero-order valence-corrected chi connectivity index (χ0v) is 17.3. The van der Waals surface area contributed by atoms with Gasteiger partial charge in [-0.1, -0.05) is 6.07 Å². The number of nitrogens with zero attached hydrogens (tertiary/aromatic N) is 4. The molecule has 29 heavy (non-hydrogen) atoms. The van der Waals surface area contributed by atoms with Crippen molar-refractivity contribution < 1.29 is 9.53 Å². The molecule has 0 aliphatic rings. The molecule has 0 aliphatic carbocycles. The Bertz CT molecular complexity index is 955. The van der Waals surface area contributed by atoms with Crippen LogP contribution in [0.5, 0.6) is 11.5 Å². The van der Waals surface area contributed by atoms with Gasteiger partial charge >= 0.3 is 0 Å². The number of carbonyl (C=O) groups is 1. The van der Waals surface area contributed by atoms with E-state index in [0.717, 1.165) is 28.3 Å². The number of aryl methyl sites for hydroxylation is 1. The number of hydrogen-bond acceptors (Lipinski definition) is 5. The Kier molecular flexibility index (Phi) is 6.44. The third kappa shape index (κ3) is 5.54. The monoisotopic (exact) mass is 390 g/mol. The quantitative estimate of drug-likeness (QED) is 0.606. The molecule has 2 heterocycles. The van der Waals surface area contributed by atoms with E-state index in [-0.39, 0.29) is 5.91 Å². The number of benzene rings is 1. The molecule has 0 spiro atoms. The lowest BCUT2D eigenvalue weighted by Crippen LogP contribution is -2.33. The van der Waals surface area contributed by atoms with Gasteiger partial charge in [-0.3, -0.25) is 14.8 Å². The van der Waals surface area contributed by atoms with Gasteiger partial charge in [0.25, 0.3) is 0 Å². The Morgan fingerprint density at radius 2 is 1.72 bits per heavy atom. The van der Waals surface area contributed by atoms with Crippen LogP contribution in [0, 0.1) is 6.92 Å². The molecule has 0 aliphatic heterocycles. The van der Waals surface area contributed by atoms with Gasteiger partial charge in [0.15, 0.2) is 0 Å². The second-order valence-electron chi connectivity index (χ2n) is 7.09. The van der Waals surface area contributed by atoms with Crippen molar-refractivity contribution in [3.05, 3.63) is 66.6 Å². The highest BCUT2D eigenvalue weighted by atomic mass is 16.5. The normalized spacial score (nSPS) is 10.5. The third-order valence-corrected chi connectivity index (χ3v) is 4.75. The number of carbonyl (C=O) groups excluding carboxylic acids is 1. The molecule has 6 heteroatoms. The fourth-order valence-corrected chi connectivity index (χ4v) is 2.73. The molecule has 0 N–H and O–H groups in total. The molecule has 1 aromatic carbocycles. The Morgan fingerprint density at radius 3 is 2.38 bits per heavy atom. The molecule has 3 rings (SSSR count). The summed E-state index contributed by atoms with van der Waals surface area (Å²) in [7, 11) is 3.77. The zero-order valence-electron chi connectivity index (χ0n) is 17.3. The van der Waals surface area contributed by atoms with E-state index < -0.39 is 0 Å². The fraction of sp³-hybridized carbons (Fsp3) is 0.261. The molecule has 3 aromatic rings. The van der Waals surface area contributed by atoms with Crippen molar-refractivity contribution in [1.29, 1.82) is 0 Å². The molecule has 150 valence electrons.